The summed E-state index contributed by atoms with van der Waals surface area (Å²) < 4.78 is 5.46. The number of rotatable bonds is 4. The quantitative estimate of drug-likeness (QED) is 0.820. The second kappa shape index (κ2) is 5.21. The van der Waals surface area contributed by atoms with E-state index in [-0.39, 0.29) is 11.5 Å². The summed E-state index contributed by atoms with van der Waals surface area (Å²) in [6.45, 7) is 4.01. The van der Waals surface area contributed by atoms with E-state index < -0.39 is 0 Å². The highest BCUT2D eigenvalue weighted by molar-refractivity contribution is 5.94. The highest BCUT2D eigenvalue weighted by atomic mass is 16.5. The van der Waals surface area contributed by atoms with E-state index in [2.05, 4.69) is 5.32 Å². The molecular formula is C15H22N2O2. The molecule has 1 aliphatic carbocycles. The molecule has 1 aliphatic rings. The Morgan fingerprint density at radius 1 is 1.37 bits per heavy atom. The van der Waals surface area contributed by atoms with E-state index in [4.69, 9.17) is 10.5 Å². The van der Waals surface area contributed by atoms with Gasteiger partial charge < -0.3 is 15.8 Å². The molecule has 4 nitrogen and oxygen atoms in total. The molecule has 19 heavy (non-hydrogen) atoms. The van der Waals surface area contributed by atoms with Gasteiger partial charge in [-0.25, -0.2) is 0 Å². The molecule has 104 valence electrons. The third kappa shape index (κ3) is 2.89. The Labute approximate surface area is 114 Å². The van der Waals surface area contributed by atoms with Crippen LogP contribution in [0.3, 0.4) is 0 Å². The minimum absolute atomic E-state index is 0.0310. The average Bonchev–Trinajstić information content (AvgIpc) is 2.31. The zero-order valence-corrected chi connectivity index (χ0v) is 11.9. The lowest BCUT2D eigenvalue weighted by atomic mass is 9.77. The number of benzene rings is 1. The largest absolute Gasteiger partial charge is 0.397 e. The lowest BCUT2D eigenvalue weighted by Crippen LogP contribution is -2.42. The van der Waals surface area contributed by atoms with Crippen molar-refractivity contribution in [3.05, 3.63) is 23.3 Å². The van der Waals surface area contributed by atoms with Gasteiger partial charge in [0.15, 0.2) is 0 Å². The summed E-state index contributed by atoms with van der Waals surface area (Å²) in [6, 6.07) is 3.81. The van der Waals surface area contributed by atoms with Crippen molar-refractivity contribution in [2.45, 2.75) is 45.1 Å². The maximum Gasteiger partial charge on any atom is 0.227 e. The van der Waals surface area contributed by atoms with Gasteiger partial charge in [0, 0.05) is 7.11 Å². The number of hydrogen-bond donors (Lipinski definition) is 2. The smallest absolute Gasteiger partial charge is 0.227 e. The fourth-order valence-electron chi connectivity index (χ4n) is 2.46. The van der Waals surface area contributed by atoms with Gasteiger partial charge >= 0.3 is 0 Å². The number of anilines is 2. The first-order chi connectivity index (χ1) is 8.96. The number of nitrogens with one attached hydrogen (secondary N) is 1. The Morgan fingerprint density at radius 2 is 2.00 bits per heavy atom. The Morgan fingerprint density at radius 3 is 2.53 bits per heavy atom. The van der Waals surface area contributed by atoms with Gasteiger partial charge in [0.1, 0.15) is 0 Å². The molecule has 0 radical (unpaired) electrons. The van der Waals surface area contributed by atoms with Gasteiger partial charge in [-0.05, 0) is 56.4 Å². The van der Waals surface area contributed by atoms with E-state index in [1.165, 1.54) is 0 Å². The molecule has 0 aliphatic heterocycles. The van der Waals surface area contributed by atoms with Crippen molar-refractivity contribution >= 4 is 17.3 Å². The molecule has 1 fully saturated rings. The second-order valence-corrected chi connectivity index (χ2v) is 5.49. The van der Waals surface area contributed by atoms with Crippen LogP contribution in [0.15, 0.2) is 12.1 Å². The molecule has 1 aromatic carbocycles. The summed E-state index contributed by atoms with van der Waals surface area (Å²) in [5, 5.41) is 2.89. The molecule has 3 N–H and O–H groups in total. The van der Waals surface area contributed by atoms with E-state index in [0.717, 1.165) is 30.4 Å². The second-order valence-electron chi connectivity index (χ2n) is 5.49. The molecule has 1 aromatic rings. The van der Waals surface area contributed by atoms with Crippen LogP contribution in [0.2, 0.25) is 0 Å². The molecule has 0 unspecified atom stereocenters. The third-order valence-corrected chi connectivity index (χ3v) is 4.12. The van der Waals surface area contributed by atoms with Crippen LogP contribution in [0.1, 0.15) is 36.8 Å². The van der Waals surface area contributed by atoms with Crippen molar-refractivity contribution in [2.24, 2.45) is 0 Å². The van der Waals surface area contributed by atoms with Crippen LogP contribution in [0.25, 0.3) is 0 Å². The number of amides is 1. The normalized spacial score (nSPS) is 16.8. The predicted octanol–water partition coefficient (Wildman–Crippen LogP) is 2.78. The van der Waals surface area contributed by atoms with Gasteiger partial charge in [-0.15, -0.1) is 0 Å². The fourth-order valence-corrected chi connectivity index (χ4v) is 2.46. The number of ether oxygens (including phenoxy) is 1. The minimum Gasteiger partial charge on any atom is -0.397 e. The molecule has 0 aromatic heterocycles. The summed E-state index contributed by atoms with van der Waals surface area (Å²) in [4.78, 5) is 12.1. The van der Waals surface area contributed by atoms with E-state index >= 15 is 0 Å². The van der Waals surface area contributed by atoms with Gasteiger partial charge in [-0.3, -0.25) is 4.79 Å². The maximum atomic E-state index is 12.1. The number of nitrogens with two attached hydrogens (primary N) is 1. The molecule has 0 atom stereocenters. The highest BCUT2D eigenvalue weighted by Crippen LogP contribution is 2.38. The number of nitrogen functional groups attached to an aromatic ring is 1. The van der Waals surface area contributed by atoms with Crippen molar-refractivity contribution in [3.8, 4) is 0 Å². The SMILES string of the molecule is COC1(CC(=O)Nc2cc(C)c(C)cc2N)CCC1. The Bertz CT molecular complexity index is 488. The standard InChI is InChI=1S/C15H22N2O2/c1-10-7-12(16)13(8-11(10)2)17-14(18)9-15(19-3)5-4-6-15/h7-8H,4-6,9,16H2,1-3H3,(H,17,18). The topological polar surface area (TPSA) is 64.3 Å². The molecule has 0 saturated heterocycles. The molecule has 2 rings (SSSR count). The summed E-state index contributed by atoms with van der Waals surface area (Å²) in [5.74, 6) is -0.0310. The summed E-state index contributed by atoms with van der Waals surface area (Å²) in [6.07, 6.45) is 3.45. The van der Waals surface area contributed by atoms with Gasteiger partial charge in [0.25, 0.3) is 0 Å². The van der Waals surface area contributed by atoms with E-state index in [1.54, 1.807) is 7.11 Å². The Hall–Kier alpha value is -1.55. The average molecular weight is 262 g/mol. The van der Waals surface area contributed by atoms with Crippen LogP contribution >= 0.6 is 0 Å². The monoisotopic (exact) mass is 262 g/mol. The van der Waals surface area contributed by atoms with Crippen molar-refractivity contribution in [3.63, 3.8) is 0 Å². The summed E-state index contributed by atoms with van der Waals surface area (Å²) >= 11 is 0. The first kappa shape index (κ1) is 13.9. The highest BCUT2D eigenvalue weighted by Gasteiger charge is 2.39. The zero-order chi connectivity index (χ0) is 14.0. The van der Waals surface area contributed by atoms with Crippen molar-refractivity contribution < 1.29 is 9.53 Å². The van der Waals surface area contributed by atoms with Crippen molar-refractivity contribution in [1.82, 2.24) is 0 Å². The summed E-state index contributed by atoms with van der Waals surface area (Å²) in [5.41, 5.74) is 9.23. The summed E-state index contributed by atoms with van der Waals surface area (Å²) in [7, 11) is 1.68. The number of carbonyl (C=O) groups is 1. The maximum absolute atomic E-state index is 12.1. The fraction of sp³-hybridized carbons (Fsp3) is 0.533. The molecular weight excluding hydrogens is 240 g/mol. The van der Waals surface area contributed by atoms with Crippen molar-refractivity contribution in [1.29, 1.82) is 0 Å². The molecule has 4 heteroatoms. The van der Waals surface area contributed by atoms with Crippen LogP contribution in [-0.2, 0) is 9.53 Å². The first-order valence-electron chi connectivity index (χ1n) is 6.67. The van der Waals surface area contributed by atoms with Gasteiger partial charge in [-0.2, -0.15) is 0 Å². The van der Waals surface area contributed by atoms with Gasteiger partial charge in [0.05, 0.1) is 23.4 Å². The van der Waals surface area contributed by atoms with E-state index in [9.17, 15) is 4.79 Å². The van der Waals surface area contributed by atoms with Gasteiger partial charge in [-0.1, -0.05) is 0 Å². The number of hydrogen-bond acceptors (Lipinski definition) is 3. The number of carbonyl (C=O) groups excluding carboxylic acids is 1. The molecule has 1 amide bonds. The van der Waals surface area contributed by atoms with Crippen LogP contribution < -0.4 is 11.1 Å². The zero-order valence-electron chi connectivity index (χ0n) is 11.9. The van der Waals surface area contributed by atoms with Crippen molar-refractivity contribution in [2.75, 3.05) is 18.2 Å². The number of methoxy groups -OCH3 is 1. The van der Waals surface area contributed by atoms with E-state index in [0.29, 0.717) is 17.8 Å². The lowest BCUT2D eigenvalue weighted by molar-refractivity contribution is -0.129. The van der Waals surface area contributed by atoms with Crippen LogP contribution in [-0.4, -0.2) is 18.6 Å². The Balaban J connectivity index is 2.05. The van der Waals surface area contributed by atoms with Crippen LogP contribution in [0, 0.1) is 13.8 Å². The molecule has 1 saturated carbocycles. The van der Waals surface area contributed by atoms with E-state index in [1.807, 2.05) is 26.0 Å². The Kier molecular flexibility index (Phi) is 3.80. The van der Waals surface area contributed by atoms with Crippen LogP contribution in [0.4, 0.5) is 11.4 Å². The number of aryl methyl sites for hydroxylation is 2. The first-order valence-corrected chi connectivity index (χ1v) is 6.67. The predicted molar refractivity (Wildman–Crippen MR) is 77.2 cm³/mol. The molecule has 0 heterocycles. The third-order valence-electron chi connectivity index (χ3n) is 4.12. The minimum atomic E-state index is -0.251. The molecule has 0 spiro atoms. The van der Waals surface area contributed by atoms with Crippen LogP contribution in [0.5, 0.6) is 0 Å². The molecule has 0 bridgehead atoms. The van der Waals surface area contributed by atoms with Gasteiger partial charge in [0.2, 0.25) is 5.91 Å². The lowest BCUT2D eigenvalue weighted by Gasteiger charge is -2.39.